The van der Waals surface area contributed by atoms with Crippen LogP contribution in [0.1, 0.15) is 49.7 Å². The Labute approximate surface area is 167 Å². The van der Waals surface area contributed by atoms with Gasteiger partial charge in [-0.25, -0.2) is 0 Å². The second-order valence-corrected chi connectivity index (χ2v) is 6.73. The van der Waals surface area contributed by atoms with E-state index in [9.17, 15) is 9.90 Å². The van der Waals surface area contributed by atoms with Crippen LogP contribution in [0.3, 0.4) is 0 Å². The Balaban J connectivity index is 2.22. The van der Waals surface area contributed by atoms with Gasteiger partial charge in [-0.1, -0.05) is 50.5 Å². The molecule has 0 aromatic heterocycles. The van der Waals surface area contributed by atoms with Crippen molar-refractivity contribution < 1.29 is 24.1 Å². The fourth-order valence-corrected chi connectivity index (χ4v) is 3.15. The van der Waals surface area contributed by atoms with Crippen LogP contribution in [0, 0.1) is 0 Å². The van der Waals surface area contributed by atoms with Gasteiger partial charge in [0.25, 0.3) is 0 Å². The first kappa shape index (κ1) is 21.6. The Morgan fingerprint density at radius 1 is 1.00 bits per heavy atom. The van der Waals surface area contributed by atoms with Crippen LogP contribution in [0.25, 0.3) is 0 Å². The predicted molar refractivity (Wildman–Crippen MR) is 110 cm³/mol. The van der Waals surface area contributed by atoms with Crippen molar-refractivity contribution in [3.8, 4) is 17.2 Å². The van der Waals surface area contributed by atoms with E-state index in [-0.39, 0.29) is 0 Å². The SMILES string of the molecule is CCCCCCOc1c(CC(C(=O)O)c2ccc(OC)cc2)cccc1OC. The van der Waals surface area contributed by atoms with Crippen molar-refractivity contribution in [2.45, 2.75) is 44.9 Å². The van der Waals surface area contributed by atoms with Crippen LogP contribution in [0.5, 0.6) is 17.2 Å². The number of hydrogen-bond donors (Lipinski definition) is 1. The Morgan fingerprint density at radius 2 is 1.75 bits per heavy atom. The van der Waals surface area contributed by atoms with Gasteiger partial charge >= 0.3 is 5.97 Å². The maximum absolute atomic E-state index is 12.0. The molecule has 2 rings (SSSR count). The molecule has 0 amide bonds. The van der Waals surface area contributed by atoms with Crippen LogP contribution in [0.2, 0.25) is 0 Å². The third kappa shape index (κ3) is 5.91. The average Bonchev–Trinajstić information content (AvgIpc) is 2.72. The van der Waals surface area contributed by atoms with Crippen LogP contribution in [-0.2, 0) is 11.2 Å². The van der Waals surface area contributed by atoms with Gasteiger partial charge in [0.15, 0.2) is 11.5 Å². The molecular formula is C23H30O5. The molecule has 28 heavy (non-hydrogen) atoms. The second-order valence-electron chi connectivity index (χ2n) is 6.73. The highest BCUT2D eigenvalue weighted by Gasteiger charge is 2.23. The summed E-state index contributed by atoms with van der Waals surface area (Å²) in [7, 11) is 3.19. The average molecular weight is 386 g/mol. The maximum atomic E-state index is 12.0. The number of carbonyl (C=O) groups is 1. The van der Waals surface area contributed by atoms with Crippen molar-refractivity contribution in [3.05, 3.63) is 53.6 Å². The Morgan fingerprint density at radius 3 is 2.36 bits per heavy atom. The van der Waals surface area contributed by atoms with E-state index in [0.717, 1.165) is 24.0 Å². The quantitative estimate of drug-likeness (QED) is 0.516. The summed E-state index contributed by atoms with van der Waals surface area (Å²) >= 11 is 0. The predicted octanol–water partition coefficient (Wildman–Crippen LogP) is 5.07. The monoisotopic (exact) mass is 386 g/mol. The Hall–Kier alpha value is -2.69. The van der Waals surface area contributed by atoms with E-state index in [1.54, 1.807) is 38.5 Å². The van der Waals surface area contributed by atoms with Crippen molar-refractivity contribution in [1.29, 1.82) is 0 Å². The van der Waals surface area contributed by atoms with Crippen molar-refractivity contribution in [3.63, 3.8) is 0 Å². The van der Waals surface area contributed by atoms with E-state index in [4.69, 9.17) is 14.2 Å². The van der Waals surface area contributed by atoms with Gasteiger partial charge in [-0.15, -0.1) is 0 Å². The summed E-state index contributed by atoms with van der Waals surface area (Å²) in [6, 6.07) is 12.8. The lowest BCUT2D eigenvalue weighted by Gasteiger charge is -2.18. The fraction of sp³-hybridized carbons (Fsp3) is 0.435. The molecule has 0 radical (unpaired) electrons. The van der Waals surface area contributed by atoms with Gasteiger partial charge in [-0.3, -0.25) is 4.79 Å². The zero-order valence-corrected chi connectivity index (χ0v) is 16.9. The van der Waals surface area contributed by atoms with E-state index in [1.807, 2.05) is 18.2 Å². The van der Waals surface area contributed by atoms with E-state index in [0.29, 0.717) is 30.3 Å². The molecule has 5 heteroatoms. The largest absolute Gasteiger partial charge is 0.497 e. The second kappa shape index (κ2) is 11.2. The van der Waals surface area contributed by atoms with Crippen molar-refractivity contribution in [2.75, 3.05) is 20.8 Å². The summed E-state index contributed by atoms with van der Waals surface area (Å²) in [6.45, 7) is 2.76. The van der Waals surface area contributed by atoms with Crippen molar-refractivity contribution in [1.82, 2.24) is 0 Å². The topological polar surface area (TPSA) is 65.0 Å². The molecule has 5 nitrogen and oxygen atoms in total. The van der Waals surface area contributed by atoms with Gasteiger partial charge < -0.3 is 19.3 Å². The molecular weight excluding hydrogens is 356 g/mol. The summed E-state index contributed by atoms with van der Waals surface area (Å²) < 4.78 is 16.6. The van der Waals surface area contributed by atoms with Gasteiger partial charge in [0, 0.05) is 0 Å². The zero-order valence-electron chi connectivity index (χ0n) is 16.9. The minimum atomic E-state index is -0.873. The number of rotatable bonds is 12. The van der Waals surface area contributed by atoms with Crippen LogP contribution in [0.4, 0.5) is 0 Å². The van der Waals surface area contributed by atoms with Gasteiger partial charge in [0.1, 0.15) is 5.75 Å². The lowest BCUT2D eigenvalue weighted by atomic mass is 9.91. The third-order valence-corrected chi connectivity index (χ3v) is 4.76. The molecule has 0 heterocycles. The molecule has 0 bridgehead atoms. The highest BCUT2D eigenvalue weighted by atomic mass is 16.5. The summed E-state index contributed by atoms with van der Waals surface area (Å²) in [5.41, 5.74) is 1.56. The molecule has 0 aliphatic heterocycles. The standard InChI is InChI=1S/C23H30O5/c1-4-5-6-7-15-28-22-18(9-8-10-21(22)27-3)16-20(23(24)25)17-11-13-19(26-2)14-12-17/h8-14,20H,4-7,15-16H2,1-3H3,(H,24,25). The minimum Gasteiger partial charge on any atom is -0.497 e. The molecule has 0 aliphatic carbocycles. The van der Waals surface area contributed by atoms with Crippen LogP contribution in [0.15, 0.2) is 42.5 Å². The number of benzene rings is 2. The molecule has 152 valence electrons. The van der Waals surface area contributed by atoms with E-state index in [2.05, 4.69) is 6.92 Å². The van der Waals surface area contributed by atoms with Gasteiger partial charge in [-0.05, 0) is 42.2 Å². The minimum absolute atomic E-state index is 0.323. The number of methoxy groups -OCH3 is 2. The van der Waals surface area contributed by atoms with Gasteiger partial charge in [0.2, 0.25) is 0 Å². The molecule has 1 N–H and O–H groups in total. The smallest absolute Gasteiger partial charge is 0.311 e. The number of ether oxygens (including phenoxy) is 3. The first-order chi connectivity index (χ1) is 13.6. The van der Waals surface area contributed by atoms with Crippen molar-refractivity contribution >= 4 is 5.97 Å². The number of para-hydroxylation sites is 1. The highest BCUT2D eigenvalue weighted by molar-refractivity contribution is 5.77. The van der Waals surface area contributed by atoms with E-state index < -0.39 is 11.9 Å². The summed E-state index contributed by atoms with van der Waals surface area (Å²) in [6.07, 6.45) is 4.75. The van der Waals surface area contributed by atoms with Gasteiger partial charge in [-0.2, -0.15) is 0 Å². The number of hydrogen-bond acceptors (Lipinski definition) is 4. The summed E-state index contributed by atoms with van der Waals surface area (Å²) in [4.78, 5) is 12.0. The Bertz CT molecular complexity index is 739. The number of unbranched alkanes of at least 4 members (excludes halogenated alkanes) is 3. The van der Waals surface area contributed by atoms with Gasteiger partial charge in [0.05, 0.1) is 26.7 Å². The molecule has 0 aliphatic rings. The number of aliphatic carboxylic acids is 1. The fourth-order valence-electron chi connectivity index (χ4n) is 3.15. The highest BCUT2D eigenvalue weighted by Crippen LogP contribution is 2.35. The molecule has 2 aromatic carbocycles. The molecule has 0 spiro atoms. The molecule has 0 saturated carbocycles. The van der Waals surface area contributed by atoms with Crippen molar-refractivity contribution in [2.24, 2.45) is 0 Å². The molecule has 1 unspecified atom stereocenters. The molecule has 0 fully saturated rings. The molecule has 1 atom stereocenters. The lowest BCUT2D eigenvalue weighted by molar-refractivity contribution is -0.138. The zero-order chi connectivity index (χ0) is 20.4. The Kier molecular flexibility index (Phi) is 8.66. The normalized spacial score (nSPS) is 11.7. The molecule has 0 saturated heterocycles. The lowest BCUT2D eigenvalue weighted by Crippen LogP contribution is -2.15. The number of carboxylic acids is 1. The van der Waals surface area contributed by atoms with Crippen LogP contribution >= 0.6 is 0 Å². The van der Waals surface area contributed by atoms with Crippen LogP contribution in [-0.4, -0.2) is 31.9 Å². The first-order valence-corrected chi connectivity index (χ1v) is 9.76. The third-order valence-electron chi connectivity index (χ3n) is 4.76. The van der Waals surface area contributed by atoms with E-state index in [1.165, 1.54) is 12.8 Å². The summed E-state index contributed by atoms with van der Waals surface area (Å²) in [5.74, 6) is 0.417. The van der Waals surface area contributed by atoms with Crippen LogP contribution < -0.4 is 14.2 Å². The number of carboxylic acid groups (broad SMARTS) is 1. The van der Waals surface area contributed by atoms with E-state index >= 15 is 0 Å². The summed E-state index contributed by atoms with van der Waals surface area (Å²) in [5, 5.41) is 9.80. The molecule has 2 aromatic rings. The maximum Gasteiger partial charge on any atom is 0.311 e. The first-order valence-electron chi connectivity index (χ1n) is 9.76.